The highest BCUT2D eigenvalue weighted by molar-refractivity contribution is 7.98. The monoisotopic (exact) mass is 347 g/mol. The number of hydrogen-bond donors (Lipinski definition) is 1. The van der Waals surface area contributed by atoms with Crippen LogP contribution >= 0.6 is 23.4 Å². The van der Waals surface area contributed by atoms with Crippen molar-refractivity contribution in [1.82, 2.24) is 5.32 Å². The van der Waals surface area contributed by atoms with Crippen LogP contribution in [0.2, 0.25) is 5.02 Å². The highest BCUT2D eigenvalue weighted by atomic mass is 35.5. The van der Waals surface area contributed by atoms with E-state index in [4.69, 9.17) is 11.6 Å². The molecule has 0 aromatic heterocycles. The first-order valence-corrected chi connectivity index (χ1v) is 9.31. The second-order valence-corrected chi connectivity index (χ2v) is 7.06. The summed E-state index contributed by atoms with van der Waals surface area (Å²) >= 11 is 7.67. The predicted molar refractivity (Wildman–Crippen MR) is 100 cm³/mol. The first kappa shape index (κ1) is 17.9. The zero-order valence-electron chi connectivity index (χ0n) is 13.3. The summed E-state index contributed by atoms with van der Waals surface area (Å²) in [5.41, 5.74) is 3.71. The van der Waals surface area contributed by atoms with Crippen molar-refractivity contribution in [3.8, 4) is 0 Å². The summed E-state index contributed by atoms with van der Waals surface area (Å²) in [5, 5.41) is 3.74. The molecule has 0 saturated heterocycles. The number of aryl methyl sites for hydroxylation is 2. The van der Waals surface area contributed by atoms with Crippen molar-refractivity contribution in [3.63, 3.8) is 0 Å². The Morgan fingerprint density at radius 1 is 1.04 bits per heavy atom. The van der Waals surface area contributed by atoms with Gasteiger partial charge in [-0.05, 0) is 36.6 Å². The summed E-state index contributed by atoms with van der Waals surface area (Å²) in [5.74, 6) is 1.98. The van der Waals surface area contributed by atoms with E-state index in [0.29, 0.717) is 13.0 Å². The van der Waals surface area contributed by atoms with E-state index in [0.717, 1.165) is 22.9 Å². The summed E-state index contributed by atoms with van der Waals surface area (Å²) in [7, 11) is 0. The van der Waals surface area contributed by atoms with E-state index in [1.165, 1.54) is 16.7 Å². The number of carbonyl (C=O) groups is 1. The number of amides is 1. The Morgan fingerprint density at radius 2 is 1.70 bits per heavy atom. The van der Waals surface area contributed by atoms with Crippen LogP contribution in [0.5, 0.6) is 0 Å². The Bertz CT molecular complexity index is 610. The van der Waals surface area contributed by atoms with Gasteiger partial charge in [-0.1, -0.05) is 53.6 Å². The maximum Gasteiger partial charge on any atom is 0.220 e. The van der Waals surface area contributed by atoms with Crippen LogP contribution in [0.1, 0.15) is 23.1 Å². The minimum Gasteiger partial charge on any atom is -0.355 e. The van der Waals surface area contributed by atoms with Crippen LogP contribution in [0.15, 0.2) is 48.5 Å². The van der Waals surface area contributed by atoms with Gasteiger partial charge in [-0.3, -0.25) is 4.79 Å². The number of carbonyl (C=O) groups excluding carboxylic acids is 1. The Hall–Kier alpha value is -1.45. The number of halogens is 1. The molecule has 122 valence electrons. The van der Waals surface area contributed by atoms with Gasteiger partial charge < -0.3 is 5.32 Å². The van der Waals surface area contributed by atoms with Crippen molar-refractivity contribution >= 4 is 29.3 Å². The molecule has 0 heterocycles. The molecule has 2 nitrogen and oxygen atoms in total. The summed E-state index contributed by atoms with van der Waals surface area (Å²) in [6.45, 7) is 2.78. The molecule has 2 rings (SSSR count). The normalized spacial score (nSPS) is 10.5. The smallest absolute Gasteiger partial charge is 0.220 e. The van der Waals surface area contributed by atoms with Gasteiger partial charge in [0.2, 0.25) is 5.91 Å². The zero-order valence-corrected chi connectivity index (χ0v) is 14.9. The molecule has 0 aliphatic heterocycles. The maximum absolute atomic E-state index is 11.8. The molecule has 1 N–H and O–H groups in total. The lowest BCUT2D eigenvalue weighted by atomic mass is 10.1. The summed E-state index contributed by atoms with van der Waals surface area (Å²) in [4.78, 5) is 11.8. The molecule has 4 heteroatoms. The van der Waals surface area contributed by atoms with Crippen LogP contribution in [0.4, 0.5) is 0 Å². The second kappa shape index (κ2) is 9.64. The van der Waals surface area contributed by atoms with E-state index in [1.54, 1.807) is 0 Å². The Balaban J connectivity index is 1.56. The van der Waals surface area contributed by atoms with Gasteiger partial charge in [-0.15, -0.1) is 0 Å². The maximum atomic E-state index is 11.8. The van der Waals surface area contributed by atoms with E-state index >= 15 is 0 Å². The predicted octanol–water partition coefficient (Wildman–Crippen LogP) is 4.63. The van der Waals surface area contributed by atoms with Gasteiger partial charge in [0.1, 0.15) is 0 Å². The minimum absolute atomic E-state index is 0.123. The molecule has 0 bridgehead atoms. The Labute approximate surface area is 147 Å². The molecule has 23 heavy (non-hydrogen) atoms. The standard InChI is InChI=1S/C19H22ClNOS/c1-15-2-4-16(5-3-15)8-11-19(22)21-12-13-23-14-17-6-9-18(20)10-7-17/h2-7,9-10H,8,11-14H2,1H3,(H,21,22). The van der Waals surface area contributed by atoms with E-state index in [1.807, 2.05) is 36.0 Å². The van der Waals surface area contributed by atoms with E-state index in [-0.39, 0.29) is 5.91 Å². The molecule has 0 aliphatic carbocycles. The highest BCUT2D eigenvalue weighted by Crippen LogP contribution is 2.15. The topological polar surface area (TPSA) is 29.1 Å². The third-order valence-electron chi connectivity index (χ3n) is 3.51. The molecule has 0 saturated carbocycles. The van der Waals surface area contributed by atoms with Crippen molar-refractivity contribution in [2.45, 2.75) is 25.5 Å². The van der Waals surface area contributed by atoms with Crippen LogP contribution in [-0.4, -0.2) is 18.2 Å². The number of nitrogens with one attached hydrogen (secondary N) is 1. The lowest BCUT2D eigenvalue weighted by Crippen LogP contribution is -2.25. The molecular weight excluding hydrogens is 326 g/mol. The molecule has 0 atom stereocenters. The van der Waals surface area contributed by atoms with E-state index in [2.05, 4.69) is 36.5 Å². The van der Waals surface area contributed by atoms with Crippen molar-refractivity contribution in [2.24, 2.45) is 0 Å². The quantitative estimate of drug-likeness (QED) is 0.705. The van der Waals surface area contributed by atoms with E-state index < -0.39 is 0 Å². The largest absolute Gasteiger partial charge is 0.355 e. The van der Waals surface area contributed by atoms with Crippen LogP contribution in [0, 0.1) is 6.92 Å². The molecule has 2 aromatic carbocycles. The molecule has 0 radical (unpaired) electrons. The zero-order chi connectivity index (χ0) is 16.5. The molecule has 0 unspecified atom stereocenters. The number of benzene rings is 2. The molecule has 1 amide bonds. The Kier molecular flexibility index (Phi) is 7.50. The fourth-order valence-electron chi connectivity index (χ4n) is 2.13. The molecule has 2 aromatic rings. The van der Waals surface area contributed by atoms with Gasteiger partial charge in [-0.2, -0.15) is 11.8 Å². The lowest BCUT2D eigenvalue weighted by Gasteiger charge is -2.06. The minimum atomic E-state index is 0.123. The van der Waals surface area contributed by atoms with Gasteiger partial charge in [0, 0.05) is 29.5 Å². The molecular formula is C19H22ClNOS. The first-order valence-electron chi connectivity index (χ1n) is 7.78. The summed E-state index contributed by atoms with van der Waals surface area (Å²) in [6, 6.07) is 16.2. The van der Waals surface area contributed by atoms with Crippen molar-refractivity contribution in [2.75, 3.05) is 12.3 Å². The van der Waals surface area contributed by atoms with Gasteiger partial charge in [0.25, 0.3) is 0 Å². The van der Waals surface area contributed by atoms with Gasteiger partial charge in [0.15, 0.2) is 0 Å². The third-order valence-corrected chi connectivity index (χ3v) is 4.79. The van der Waals surface area contributed by atoms with Crippen molar-refractivity contribution in [3.05, 3.63) is 70.2 Å². The van der Waals surface area contributed by atoms with Crippen LogP contribution in [-0.2, 0) is 17.0 Å². The molecule has 0 fully saturated rings. The lowest BCUT2D eigenvalue weighted by molar-refractivity contribution is -0.120. The molecule has 0 spiro atoms. The number of hydrogen-bond acceptors (Lipinski definition) is 2. The highest BCUT2D eigenvalue weighted by Gasteiger charge is 2.02. The van der Waals surface area contributed by atoms with Crippen LogP contribution < -0.4 is 5.32 Å². The average Bonchev–Trinajstić information content (AvgIpc) is 2.56. The number of thioether (sulfide) groups is 1. The Morgan fingerprint density at radius 3 is 2.39 bits per heavy atom. The summed E-state index contributed by atoms with van der Waals surface area (Å²) < 4.78 is 0. The van der Waals surface area contributed by atoms with Crippen LogP contribution in [0.25, 0.3) is 0 Å². The number of rotatable bonds is 8. The van der Waals surface area contributed by atoms with Crippen LogP contribution in [0.3, 0.4) is 0 Å². The fraction of sp³-hybridized carbons (Fsp3) is 0.316. The summed E-state index contributed by atoms with van der Waals surface area (Å²) in [6.07, 6.45) is 1.34. The molecule has 0 aliphatic rings. The SMILES string of the molecule is Cc1ccc(CCC(=O)NCCSCc2ccc(Cl)cc2)cc1. The van der Waals surface area contributed by atoms with Gasteiger partial charge in [-0.25, -0.2) is 0 Å². The fourth-order valence-corrected chi connectivity index (χ4v) is 3.08. The third kappa shape index (κ3) is 7.10. The van der Waals surface area contributed by atoms with E-state index in [9.17, 15) is 4.79 Å². The van der Waals surface area contributed by atoms with Crippen molar-refractivity contribution < 1.29 is 4.79 Å². The second-order valence-electron chi connectivity index (χ2n) is 5.51. The van der Waals surface area contributed by atoms with Gasteiger partial charge in [0.05, 0.1) is 0 Å². The van der Waals surface area contributed by atoms with Gasteiger partial charge >= 0.3 is 0 Å². The van der Waals surface area contributed by atoms with Crippen molar-refractivity contribution in [1.29, 1.82) is 0 Å². The average molecular weight is 348 g/mol. The first-order chi connectivity index (χ1) is 11.1.